The van der Waals surface area contributed by atoms with E-state index in [1.54, 1.807) is 12.1 Å². The number of halogens is 1. The molecule has 2 fully saturated rings. The number of anilines is 1. The molecule has 5 heteroatoms. The second-order valence-electron chi connectivity index (χ2n) is 7.41. The molecule has 2 amide bonds. The number of hydrogen-bond acceptors (Lipinski definition) is 2. The van der Waals surface area contributed by atoms with Crippen molar-refractivity contribution in [3.63, 3.8) is 0 Å². The maximum Gasteiger partial charge on any atom is 0.254 e. The van der Waals surface area contributed by atoms with Crippen LogP contribution in [0.3, 0.4) is 0 Å². The van der Waals surface area contributed by atoms with Crippen molar-refractivity contribution in [3.05, 3.63) is 65.5 Å². The van der Waals surface area contributed by atoms with E-state index in [-0.39, 0.29) is 29.0 Å². The highest BCUT2D eigenvalue weighted by Crippen LogP contribution is 2.59. The number of nitrogens with one attached hydrogen (secondary N) is 1. The van der Waals surface area contributed by atoms with Gasteiger partial charge in [-0.2, -0.15) is 0 Å². The predicted molar refractivity (Wildman–Crippen MR) is 97.3 cm³/mol. The molecule has 2 aliphatic rings. The molecule has 26 heavy (non-hydrogen) atoms. The molecule has 1 saturated carbocycles. The highest BCUT2D eigenvalue weighted by molar-refractivity contribution is 5.97. The number of likely N-dealkylation sites (tertiary alicyclic amines) is 1. The van der Waals surface area contributed by atoms with Gasteiger partial charge in [-0.05, 0) is 49.6 Å². The van der Waals surface area contributed by atoms with Crippen molar-refractivity contribution >= 4 is 17.5 Å². The molecule has 0 unspecified atom stereocenters. The molecule has 2 aromatic carbocycles. The molecule has 1 aliphatic carbocycles. The van der Waals surface area contributed by atoms with Gasteiger partial charge in [-0.3, -0.25) is 9.59 Å². The van der Waals surface area contributed by atoms with E-state index in [0.717, 1.165) is 24.0 Å². The first kappa shape index (κ1) is 16.8. The van der Waals surface area contributed by atoms with Gasteiger partial charge in [0, 0.05) is 35.7 Å². The number of aryl methyl sites for hydroxylation is 1. The van der Waals surface area contributed by atoms with Gasteiger partial charge in [-0.1, -0.05) is 24.3 Å². The van der Waals surface area contributed by atoms with Crippen molar-refractivity contribution < 1.29 is 14.0 Å². The Bertz CT molecular complexity index is 882. The van der Waals surface area contributed by atoms with E-state index in [9.17, 15) is 14.0 Å². The van der Waals surface area contributed by atoms with Crippen molar-refractivity contribution in [3.8, 4) is 0 Å². The summed E-state index contributed by atoms with van der Waals surface area (Å²) in [6.07, 6.45) is 1.62. The van der Waals surface area contributed by atoms with Gasteiger partial charge in [-0.25, -0.2) is 4.39 Å². The minimum absolute atomic E-state index is 0.0381. The smallest absolute Gasteiger partial charge is 0.254 e. The van der Waals surface area contributed by atoms with E-state index >= 15 is 0 Å². The van der Waals surface area contributed by atoms with Crippen LogP contribution < -0.4 is 5.32 Å². The fourth-order valence-corrected chi connectivity index (χ4v) is 4.02. The van der Waals surface area contributed by atoms with Crippen LogP contribution >= 0.6 is 0 Å². The quantitative estimate of drug-likeness (QED) is 0.917. The molecule has 2 atom stereocenters. The average Bonchev–Trinajstić information content (AvgIpc) is 3.15. The summed E-state index contributed by atoms with van der Waals surface area (Å²) >= 11 is 0. The standard InChI is InChI=1S/C21H21FN2O2/c1-14-5-2-3-8-17(14)20(26)24-10-9-21(13-24)12-18(21)19(25)23-16-7-4-6-15(22)11-16/h2-8,11,18H,9-10,12-13H2,1H3,(H,23,25)/t18-,21-/m0/s1. The third kappa shape index (κ3) is 2.98. The first-order valence-corrected chi connectivity index (χ1v) is 8.90. The van der Waals surface area contributed by atoms with Gasteiger partial charge in [-0.15, -0.1) is 0 Å². The molecule has 134 valence electrons. The molecule has 1 spiro atoms. The molecule has 1 saturated heterocycles. The van der Waals surface area contributed by atoms with E-state index in [2.05, 4.69) is 5.32 Å². The average molecular weight is 352 g/mol. The Morgan fingerprint density at radius 1 is 1.19 bits per heavy atom. The largest absolute Gasteiger partial charge is 0.338 e. The first-order chi connectivity index (χ1) is 12.5. The number of benzene rings is 2. The van der Waals surface area contributed by atoms with Crippen LogP contribution in [-0.4, -0.2) is 29.8 Å². The first-order valence-electron chi connectivity index (χ1n) is 8.90. The fourth-order valence-electron chi connectivity index (χ4n) is 4.02. The van der Waals surface area contributed by atoms with Gasteiger partial charge >= 0.3 is 0 Å². The summed E-state index contributed by atoms with van der Waals surface area (Å²) in [5.74, 6) is -0.526. The Morgan fingerprint density at radius 2 is 2.00 bits per heavy atom. The van der Waals surface area contributed by atoms with Crippen LogP contribution in [0.25, 0.3) is 0 Å². The fraction of sp³-hybridized carbons (Fsp3) is 0.333. The number of carbonyl (C=O) groups is 2. The highest BCUT2D eigenvalue weighted by atomic mass is 19.1. The number of carbonyl (C=O) groups excluding carboxylic acids is 2. The van der Waals surface area contributed by atoms with Gasteiger partial charge < -0.3 is 10.2 Å². The zero-order chi connectivity index (χ0) is 18.3. The number of nitrogens with zero attached hydrogens (tertiary/aromatic N) is 1. The van der Waals surface area contributed by atoms with E-state index in [4.69, 9.17) is 0 Å². The highest BCUT2D eigenvalue weighted by Gasteiger charge is 2.61. The topological polar surface area (TPSA) is 49.4 Å². The lowest BCUT2D eigenvalue weighted by atomic mass is 10.0. The molecule has 0 aromatic heterocycles. The van der Waals surface area contributed by atoms with Crippen molar-refractivity contribution in [2.75, 3.05) is 18.4 Å². The van der Waals surface area contributed by atoms with Crippen LogP contribution in [0.15, 0.2) is 48.5 Å². The lowest BCUT2D eigenvalue weighted by Crippen LogP contribution is -2.30. The second kappa shape index (κ2) is 6.24. The lowest BCUT2D eigenvalue weighted by molar-refractivity contribution is -0.118. The van der Waals surface area contributed by atoms with E-state index in [1.165, 1.54) is 12.1 Å². The van der Waals surface area contributed by atoms with Gasteiger partial charge in [0.05, 0.1) is 0 Å². The van der Waals surface area contributed by atoms with Gasteiger partial charge in [0.15, 0.2) is 0 Å². The molecule has 2 aromatic rings. The van der Waals surface area contributed by atoms with Gasteiger partial charge in [0.25, 0.3) is 5.91 Å². The second-order valence-corrected chi connectivity index (χ2v) is 7.41. The monoisotopic (exact) mass is 352 g/mol. The molecule has 1 N–H and O–H groups in total. The predicted octanol–water partition coefficient (Wildman–Crippen LogP) is 3.63. The molecule has 4 nitrogen and oxygen atoms in total. The Kier molecular flexibility index (Phi) is 4.02. The summed E-state index contributed by atoms with van der Waals surface area (Å²) < 4.78 is 13.3. The SMILES string of the molecule is Cc1ccccc1C(=O)N1CC[C@]2(C[C@H]2C(=O)Nc2cccc(F)c2)C1. The molecule has 1 aliphatic heterocycles. The van der Waals surface area contributed by atoms with E-state index in [1.807, 2.05) is 36.1 Å². The normalized spacial score (nSPS) is 23.9. The number of amides is 2. The number of hydrogen-bond donors (Lipinski definition) is 1. The third-order valence-electron chi connectivity index (χ3n) is 5.65. The molecule has 0 radical (unpaired) electrons. The number of rotatable bonds is 3. The lowest BCUT2D eigenvalue weighted by Gasteiger charge is -2.18. The third-order valence-corrected chi connectivity index (χ3v) is 5.65. The van der Waals surface area contributed by atoms with Crippen LogP contribution in [0.1, 0.15) is 28.8 Å². The summed E-state index contributed by atoms with van der Waals surface area (Å²) in [7, 11) is 0. The van der Waals surface area contributed by atoms with E-state index in [0.29, 0.717) is 18.8 Å². The minimum Gasteiger partial charge on any atom is -0.338 e. The zero-order valence-electron chi connectivity index (χ0n) is 14.7. The maximum atomic E-state index is 13.3. The zero-order valence-corrected chi connectivity index (χ0v) is 14.7. The van der Waals surface area contributed by atoms with Crippen molar-refractivity contribution in [2.24, 2.45) is 11.3 Å². The van der Waals surface area contributed by atoms with Gasteiger partial charge in [0.1, 0.15) is 5.82 Å². The Morgan fingerprint density at radius 3 is 2.77 bits per heavy atom. The Labute approximate surface area is 152 Å². The molecular weight excluding hydrogens is 331 g/mol. The molecule has 4 rings (SSSR count). The molecular formula is C21H21FN2O2. The Balaban J connectivity index is 1.41. The van der Waals surface area contributed by atoms with Crippen LogP contribution in [-0.2, 0) is 4.79 Å². The Hall–Kier alpha value is -2.69. The summed E-state index contributed by atoms with van der Waals surface area (Å²) in [5.41, 5.74) is 2.05. The van der Waals surface area contributed by atoms with Crippen LogP contribution in [0.4, 0.5) is 10.1 Å². The summed E-state index contributed by atoms with van der Waals surface area (Å²) in [6.45, 7) is 3.23. The summed E-state index contributed by atoms with van der Waals surface area (Å²) in [5, 5.41) is 2.80. The van der Waals surface area contributed by atoms with Crippen molar-refractivity contribution in [2.45, 2.75) is 19.8 Å². The maximum absolute atomic E-state index is 13.3. The van der Waals surface area contributed by atoms with Crippen molar-refractivity contribution in [1.82, 2.24) is 4.90 Å². The summed E-state index contributed by atoms with van der Waals surface area (Å²) in [4.78, 5) is 27.1. The van der Waals surface area contributed by atoms with Crippen LogP contribution in [0, 0.1) is 24.1 Å². The van der Waals surface area contributed by atoms with Crippen LogP contribution in [0.2, 0.25) is 0 Å². The van der Waals surface area contributed by atoms with E-state index < -0.39 is 0 Å². The van der Waals surface area contributed by atoms with Crippen molar-refractivity contribution in [1.29, 1.82) is 0 Å². The summed E-state index contributed by atoms with van der Waals surface area (Å²) in [6, 6.07) is 13.5. The molecule has 1 heterocycles. The van der Waals surface area contributed by atoms with Crippen LogP contribution in [0.5, 0.6) is 0 Å². The molecule has 0 bridgehead atoms. The minimum atomic E-state index is -0.371. The van der Waals surface area contributed by atoms with Gasteiger partial charge in [0.2, 0.25) is 5.91 Å².